The maximum Gasteiger partial charge on any atom is 0.165 e. The van der Waals surface area contributed by atoms with Gasteiger partial charge in [-0.05, 0) is 26.0 Å². The molecular weight excluding hydrogens is 266 g/mol. The van der Waals surface area contributed by atoms with Gasteiger partial charge in [0.2, 0.25) is 0 Å². The van der Waals surface area contributed by atoms with Crippen molar-refractivity contribution in [1.29, 1.82) is 0 Å². The summed E-state index contributed by atoms with van der Waals surface area (Å²) in [6.07, 6.45) is 0.970. The average molecular weight is 288 g/mol. The monoisotopic (exact) mass is 287 g/mol. The fourth-order valence-electron chi connectivity index (χ4n) is 1.78. The summed E-state index contributed by atoms with van der Waals surface area (Å²) in [5.74, 6) is 1.43. The third-order valence-corrected chi connectivity index (χ3v) is 2.84. The van der Waals surface area contributed by atoms with Gasteiger partial charge in [0.1, 0.15) is 0 Å². The van der Waals surface area contributed by atoms with E-state index in [-0.39, 0.29) is 0 Å². The molecule has 0 unspecified atom stereocenters. The van der Waals surface area contributed by atoms with Crippen molar-refractivity contribution in [3.63, 3.8) is 0 Å². The predicted octanol–water partition coefficient (Wildman–Crippen LogP) is 2.87. The lowest BCUT2D eigenvalue weighted by molar-refractivity contribution is 0.194. The summed E-state index contributed by atoms with van der Waals surface area (Å²) in [6, 6.07) is 3.67. The van der Waals surface area contributed by atoms with Crippen LogP contribution in [-0.4, -0.2) is 34.0 Å². The first-order valence-electron chi connectivity index (χ1n) is 6.41. The zero-order chi connectivity index (χ0) is 14.1. The zero-order valence-electron chi connectivity index (χ0n) is 11.8. The first kappa shape index (κ1) is 16.1. The number of nitrogens with one attached hydrogen (secondary N) is 1. The van der Waals surface area contributed by atoms with Gasteiger partial charge >= 0.3 is 0 Å². The summed E-state index contributed by atoms with van der Waals surface area (Å²) in [7, 11) is 3.32. The fraction of sp³-hybridized carbons (Fsp3) is 0.571. The van der Waals surface area contributed by atoms with Gasteiger partial charge in [0.15, 0.2) is 11.5 Å². The number of ether oxygens (including phenoxy) is 3. The van der Waals surface area contributed by atoms with Gasteiger partial charge in [-0.2, -0.15) is 0 Å². The van der Waals surface area contributed by atoms with Crippen LogP contribution in [0.3, 0.4) is 0 Å². The van der Waals surface area contributed by atoms with Crippen LogP contribution in [0.5, 0.6) is 11.5 Å². The van der Waals surface area contributed by atoms with Crippen LogP contribution in [0.1, 0.15) is 18.9 Å². The van der Waals surface area contributed by atoms with Crippen molar-refractivity contribution in [2.24, 2.45) is 0 Å². The molecule has 0 aliphatic rings. The summed E-state index contributed by atoms with van der Waals surface area (Å²) in [6.45, 7) is 4.87. The lowest BCUT2D eigenvalue weighted by Crippen LogP contribution is -2.17. The van der Waals surface area contributed by atoms with Gasteiger partial charge in [-0.15, -0.1) is 0 Å². The standard InChI is InChI=1S/C14H22ClNO3/c1-4-19-14-11(10-16-6-5-7-17-2)8-12(15)9-13(14)18-3/h8-9,16H,4-7,10H2,1-3H3. The summed E-state index contributed by atoms with van der Waals surface area (Å²) in [4.78, 5) is 0. The molecule has 0 radical (unpaired) electrons. The summed E-state index contributed by atoms with van der Waals surface area (Å²) >= 11 is 6.08. The molecule has 0 atom stereocenters. The summed E-state index contributed by atoms with van der Waals surface area (Å²) < 4.78 is 16.0. The Bertz CT molecular complexity index is 385. The smallest absolute Gasteiger partial charge is 0.165 e. The van der Waals surface area contributed by atoms with E-state index in [4.69, 9.17) is 25.8 Å². The zero-order valence-corrected chi connectivity index (χ0v) is 12.5. The molecule has 19 heavy (non-hydrogen) atoms. The van der Waals surface area contributed by atoms with Gasteiger partial charge in [-0.25, -0.2) is 0 Å². The van der Waals surface area contributed by atoms with E-state index < -0.39 is 0 Å². The Kier molecular flexibility index (Phi) is 7.63. The van der Waals surface area contributed by atoms with Crippen LogP contribution < -0.4 is 14.8 Å². The number of rotatable bonds is 9. The maximum absolute atomic E-state index is 6.08. The van der Waals surface area contributed by atoms with Crippen LogP contribution in [0, 0.1) is 0 Å². The largest absolute Gasteiger partial charge is 0.493 e. The fourth-order valence-corrected chi connectivity index (χ4v) is 2.01. The molecule has 108 valence electrons. The Balaban J connectivity index is 2.71. The number of hydrogen-bond acceptors (Lipinski definition) is 4. The molecular formula is C14H22ClNO3. The second kappa shape index (κ2) is 9.02. The lowest BCUT2D eigenvalue weighted by Gasteiger charge is -2.15. The van der Waals surface area contributed by atoms with Gasteiger partial charge in [0.05, 0.1) is 13.7 Å². The molecule has 1 rings (SSSR count). The van der Waals surface area contributed by atoms with Crippen LogP contribution in [-0.2, 0) is 11.3 Å². The van der Waals surface area contributed by atoms with Gasteiger partial charge in [0, 0.05) is 36.9 Å². The maximum atomic E-state index is 6.08. The molecule has 0 aliphatic heterocycles. The highest BCUT2D eigenvalue weighted by Crippen LogP contribution is 2.34. The Morgan fingerprint density at radius 3 is 2.68 bits per heavy atom. The Morgan fingerprint density at radius 1 is 1.26 bits per heavy atom. The molecule has 0 saturated carbocycles. The van der Waals surface area contributed by atoms with Gasteiger partial charge in [-0.1, -0.05) is 11.6 Å². The van der Waals surface area contributed by atoms with Crippen LogP contribution in [0.4, 0.5) is 0 Å². The van der Waals surface area contributed by atoms with Crippen molar-refractivity contribution in [1.82, 2.24) is 5.32 Å². The topological polar surface area (TPSA) is 39.7 Å². The average Bonchev–Trinajstić information content (AvgIpc) is 2.41. The molecule has 0 aromatic heterocycles. The van der Waals surface area contributed by atoms with E-state index in [1.807, 2.05) is 13.0 Å². The minimum absolute atomic E-state index is 0.592. The summed E-state index contributed by atoms with van der Waals surface area (Å²) in [5.41, 5.74) is 1.00. The molecule has 0 heterocycles. The van der Waals surface area contributed by atoms with E-state index in [0.29, 0.717) is 23.9 Å². The molecule has 1 N–H and O–H groups in total. The Labute approximate surface area is 120 Å². The predicted molar refractivity (Wildman–Crippen MR) is 77.4 cm³/mol. The van der Waals surface area contributed by atoms with Crippen LogP contribution >= 0.6 is 11.6 Å². The second-order valence-electron chi connectivity index (χ2n) is 4.05. The highest BCUT2D eigenvalue weighted by molar-refractivity contribution is 6.30. The lowest BCUT2D eigenvalue weighted by atomic mass is 10.1. The van der Waals surface area contributed by atoms with E-state index in [1.54, 1.807) is 20.3 Å². The highest BCUT2D eigenvalue weighted by Gasteiger charge is 2.12. The van der Waals surface area contributed by atoms with Crippen molar-refractivity contribution in [3.8, 4) is 11.5 Å². The van der Waals surface area contributed by atoms with Crippen LogP contribution in [0.2, 0.25) is 5.02 Å². The quantitative estimate of drug-likeness (QED) is 0.709. The number of hydrogen-bond donors (Lipinski definition) is 1. The molecule has 0 aliphatic carbocycles. The Morgan fingerprint density at radius 2 is 2.05 bits per heavy atom. The third kappa shape index (κ3) is 5.27. The van der Waals surface area contributed by atoms with E-state index >= 15 is 0 Å². The van der Waals surface area contributed by atoms with Crippen molar-refractivity contribution < 1.29 is 14.2 Å². The molecule has 0 amide bonds. The minimum atomic E-state index is 0.592. The van der Waals surface area contributed by atoms with Crippen molar-refractivity contribution in [2.45, 2.75) is 19.9 Å². The molecule has 0 fully saturated rings. The first-order chi connectivity index (χ1) is 9.22. The third-order valence-electron chi connectivity index (χ3n) is 2.62. The van der Waals surface area contributed by atoms with Crippen molar-refractivity contribution >= 4 is 11.6 Å². The SMILES string of the molecule is CCOc1c(CNCCCOC)cc(Cl)cc1OC. The number of methoxy groups -OCH3 is 2. The molecule has 5 heteroatoms. The Hall–Kier alpha value is -0.970. The molecule has 1 aromatic carbocycles. The van der Waals surface area contributed by atoms with E-state index in [1.165, 1.54) is 0 Å². The van der Waals surface area contributed by atoms with Crippen molar-refractivity contribution in [2.75, 3.05) is 34.0 Å². The van der Waals surface area contributed by atoms with Gasteiger partial charge in [0.25, 0.3) is 0 Å². The normalized spacial score (nSPS) is 10.5. The molecule has 0 spiro atoms. The number of halogens is 1. The minimum Gasteiger partial charge on any atom is -0.493 e. The first-order valence-corrected chi connectivity index (χ1v) is 6.79. The van der Waals surface area contributed by atoms with Crippen molar-refractivity contribution in [3.05, 3.63) is 22.7 Å². The second-order valence-corrected chi connectivity index (χ2v) is 4.49. The van der Waals surface area contributed by atoms with E-state index in [2.05, 4.69) is 5.32 Å². The van der Waals surface area contributed by atoms with Gasteiger partial charge in [-0.3, -0.25) is 0 Å². The molecule has 1 aromatic rings. The summed E-state index contributed by atoms with van der Waals surface area (Å²) in [5, 5.41) is 3.99. The van der Waals surface area contributed by atoms with E-state index in [9.17, 15) is 0 Å². The van der Waals surface area contributed by atoms with E-state index in [0.717, 1.165) is 30.9 Å². The highest BCUT2D eigenvalue weighted by atomic mass is 35.5. The van der Waals surface area contributed by atoms with Gasteiger partial charge < -0.3 is 19.5 Å². The van der Waals surface area contributed by atoms with Crippen LogP contribution in [0.25, 0.3) is 0 Å². The molecule has 0 saturated heterocycles. The molecule has 4 nitrogen and oxygen atoms in total. The number of benzene rings is 1. The van der Waals surface area contributed by atoms with Crippen LogP contribution in [0.15, 0.2) is 12.1 Å². The molecule has 0 bridgehead atoms.